The van der Waals surface area contributed by atoms with E-state index in [-0.39, 0.29) is 6.42 Å². The van der Waals surface area contributed by atoms with Gasteiger partial charge in [-0.15, -0.1) is 10.2 Å². The third kappa shape index (κ3) is 3.16. The highest BCUT2D eigenvalue weighted by molar-refractivity contribution is 7.15. The first-order chi connectivity index (χ1) is 8.69. The molecule has 1 N–H and O–H groups in total. The Morgan fingerprint density at radius 2 is 2.06 bits per heavy atom. The van der Waals surface area contributed by atoms with Crippen molar-refractivity contribution in [2.45, 2.75) is 12.8 Å². The maximum atomic E-state index is 10.6. The lowest BCUT2D eigenvalue weighted by Crippen LogP contribution is -2.45. The molecule has 98 valence electrons. The van der Waals surface area contributed by atoms with Crippen LogP contribution in [0.15, 0.2) is 0 Å². The highest BCUT2D eigenvalue weighted by Gasteiger charge is 2.19. The molecule has 0 bridgehead atoms. The minimum absolute atomic E-state index is 0.0769. The molecule has 1 fully saturated rings. The molecule has 0 aromatic carbocycles. The molecule has 0 saturated carbocycles. The van der Waals surface area contributed by atoms with Crippen LogP contribution in [0, 0.1) is 0 Å². The maximum Gasteiger partial charge on any atom is 0.303 e. The molecule has 1 aliphatic rings. The third-order valence-electron chi connectivity index (χ3n) is 2.74. The topological polar surface area (TPSA) is 86.6 Å². The minimum atomic E-state index is -0.827. The lowest BCUT2D eigenvalue weighted by molar-refractivity contribution is -0.137. The van der Waals surface area contributed by atoms with E-state index < -0.39 is 5.97 Å². The van der Waals surface area contributed by atoms with Gasteiger partial charge in [0.25, 0.3) is 0 Å². The van der Waals surface area contributed by atoms with Crippen LogP contribution < -0.4 is 4.90 Å². The zero-order valence-corrected chi connectivity index (χ0v) is 10.6. The fourth-order valence-corrected chi connectivity index (χ4v) is 2.60. The number of anilines is 1. The Bertz CT molecular complexity index is 429. The van der Waals surface area contributed by atoms with Gasteiger partial charge in [0.2, 0.25) is 11.5 Å². The van der Waals surface area contributed by atoms with Gasteiger partial charge in [0, 0.05) is 32.6 Å². The van der Waals surface area contributed by atoms with Crippen molar-refractivity contribution in [1.29, 1.82) is 0 Å². The summed E-state index contributed by atoms with van der Waals surface area (Å²) in [5.74, 6) is -0.827. The van der Waals surface area contributed by atoms with Crippen molar-refractivity contribution in [2.75, 3.05) is 31.1 Å². The van der Waals surface area contributed by atoms with Crippen molar-refractivity contribution in [2.24, 2.45) is 0 Å². The quantitative estimate of drug-likeness (QED) is 0.748. The Kier molecular flexibility index (Phi) is 4.08. The second-order valence-electron chi connectivity index (χ2n) is 4.00. The molecule has 0 unspecified atom stereocenters. The zero-order valence-electron chi connectivity index (χ0n) is 9.78. The molecule has 7 nitrogen and oxygen atoms in total. The highest BCUT2D eigenvalue weighted by atomic mass is 32.1. The maximum absolute atomic E-state index is 10.6. The second kappa shape index (κ2) is 5.76. The Morgan fingerprint density at radius 1 is 1.33 bits per heavy atom. The number of carboxylic acids is 1. The van der Waals surface area contributed by atoms with E-state index in [2.05, 4.69) is 15.1 Å². The van der Waals surface area contributed by atoms with Gasteiger partial charge in [0.05, 0.1) is 6.42 Å². The fraction of sp³-hybridized carbons (Fsp3) is 0.600. The second-order valence-corrected chi connectivity index (χ2v) is 5.04. The number of rotatable bonds is 5. The van der Waals surface area contributed by atoms with Crippen LogP contribution in [-0.2, 0) is 16.0 Å². The third-order valence-corrected chi connectivity index (χ3v) is 3.79. The molecule has 1 saturated heterocycles. The largest absolute Gasteiger partial charge is 0.481 e. The van der Waals surface area contributed by atoms with E-state index in [0.29, 0.717) is 19.5 Å². The SMILES string of the molecule is O=CN1CCN(c2nnc(CCC(=O)O)s2)CC1. The average Bonchev–Trinajstić information content (AvgIpc) is 2.85. The predicted octanol–water partition coefficient (Wildman–Crippen LogP) is -0.166. The number of hydrogen-bond acceptors (Lipinski definition) is 6. The standard InChI is InChI=1S/C10H14N4O3S/c15-7-13-3-5-14(6-4-13)10-12-11-8(18-10)1-2-9(16)17/h7H,1-6H2,(H,16,17). The van der Waals surface area contributed by atoms with Crippen molar-refractivity contribution in [3.8, 4) is 0 Å². The molecule has 1 aliphatic heterocycles. The molecule has 0 radical (unpaired) electrons. The van der Waals surface area contributed by atoms with Crippen molar-refractivity contribution in [3.63, 3.8) is 0 Å². The fourth-order valence-electron chi connectivity index (χ4n) is 1.71. The number of carbonyl (C=O) groups is 2. The molecular weight excluding hydrogens is 256 g/mol. The summed E-state index contributed by atoms with van der Waals surface area (Å²) in [4.78, 5) is 24.8. The summed E-state index contributed by atoms with van der Waals surface area (Å²) >= 11 is 1.42. The van der Waals surface area contributed by atoms with Crippen LogP contribution in [0.25, 0.3) is 0 Å². The number of carbonyl (C=O) groups excluding carboxylic acids is 1. The summed E-state index contributed by atoms with van der Waals surface area (Å²) in [5.41, 5.74) is 0. The monoisotopic (exact) mass is 270 g/mol. The van der Waals surface area contributed by atoms with Gasteiger partial charge in [-0.25, -0.2) is 0 Å². The molecule has 1 amide bonds. The van der Waals surface area contributed by atoms with Gasteiger partial charge in [0.15, 0.2) is 0 Å². The van der Waals surface area contributed by atoms with E-state index in [1.54, 1.807) is 4.90 Å². The van der Waals surface area contributed by atoms with E-state index in [1.807, 2.05) is 0 Å². The number of piperazine rings is 1. The first-order valence-electron chi connectivity index (χ1n) is 5.67. The normalized spacial score (nSPS) is 15.8. The Balaban J connectivity index is 1.90. The van der Waals surface area contributed by atoms with Crippen LogP contribution in [0.1, 0.15) is 11.4 Å². The van der Waals surface area contributed by atoms with Crippen molar-refractivity contribution in [3.05, 3.63) is 5.01 Å². The van der Waals surface area contributed by atoms with Crippen LogP contribution in [-0.4, -0.2) is 58.8 Å². The van der Waals surface area contributed by atoms with Gasteiger partial charge < -0.3 is 14.9 Å². The van der Waals surface area contributed by atoms with Crippen molar-refractivity contribution >= 4 is 28.8 Å². The van der Waals surface area contributed by atoms with Crippen LogP contribution >= 0.6 is 11.3 Å². The Labute approximate surface area is 108 Å². The van der Waals surface area contributed by atoms with Gasteiger partial charge in [-0.05, 0) is 0 Å². The molecular formula is C10H14N4O3S. The smallest absolute Gasteiger partial charge is 0.303 e. The summed E-state index contributed by atoms with van der Waals surface area (Å²) in [6, 6.07) is 0. The summed E-state index contributed by atoms with van der Waals surface area (Å²) < 4.78 is 0. The van der Waals surface area contributed by atoms with Crippen LogP contribution in [0.4, 0.5) is 5.13 Å². The van der Waals surface area contributed by atoms with Crippen molar-refractivity contribution < 1.29 is 14.7 Å². The summed E-state index contributed by atoms with van der Waals surface area (Å²) in [5, 5.41) is 18.2. The number of carboxylic acid groups (broad SMARTS) is 1. The zero-order chi connectivity index (χ0) is 13.0. The predicted molar refractivity (Wildman–Crippen MR) is 65.7 cm³/mol. The number of aromatic nitrogens is 2. The summed E-state index contributed by atoms with van der Waals surface area (Å²) in [6.07, 6.45) is 1.35. The van der Waals surface area contributed by atoms with E-state index in [1.165, 1.54) is 11.3 Å². The van der Waals surface area contributed by atoms with Crippen molar-refractivity contribution in [1.82, 2.24) is 15.1 Å². The van der Waals surface area contributed by atoms with Gasteiger partial charge in [-0.2, -0.15) is 0 Å². The molecule has 0 aliphatic carbocycles. The van der Waals surface area contributed by atoms with Crippen LogP contribution in [0.2, 0.25) is 0 Å². The molecule has 0 atom stereocenters. The van der Waals surface area contributed by atoms with Gasteiger partial charge in [-0.3, -0.25) is 9.59 Å². The van der Waals surface area contributed by atoms with Gasteiger partial charge >= 0.3 is 5.97 Å². The molecule has 0 spiro atoms. The van der Waals surface area contributed by atoms with Crippen LogP contribution in [0.5, 0.6) is 0 Å². The minimum Gasteiger partial charge on any atom is -0.481 e. The summed E-state index contributed by atoms with van der Waals surface area (Å²) in [6.45, 7) is 2.86. The molecule has 8 heteroatoms. The Morgan fingerprint density at radius 3 is 2.67 bits per heavy atom. The molecule has 1 aromatic heterocycles. The van der Waals surface area contributed by atoms with Crippen LogP contribution in [0.3, 0.4) is 0 Å². The van der Waals surface area contributed by atoms with E-state index in [9.17, 15) is 9.59 Å². The lowest BCUT2D eigenvalue weighted by Gasteiger charge is -2.31. The molecule has 2 rings (SSSR count). The van der Waals surface area contributed by atoms with E-state index in [0.717, 1.165) is 29.6 Å². The lowest BCUT2D eigenvalue weighted by atomic mass is 10.3. The van der Waals surface area contributed by atoms with E-state index in [4.69, 9.17) is 5.11 Å². The summed E-state index contributed by atoms with van der Waals surface area (Å²) in [7, 11) is 0. The first kappa shape index (κ1) is 12.7. The number of aliphatic carboxylic acids is 1. The molecule has 18 heavy (non-hydrogen) atoms. The number of amides is 1. The number of nitrogens with zero attached hydrogens (tertiary/aromatic N) is 4. The highest BCUT2D eigenvalue weighted by Crippen LogP contribution is 2.22. The first-order valence-corrected chi connectivity index (χ1v) is 6.49. The van der Waals surface area contributed by atoms with E-state index >= 15 is 0 Å². The molecule has 1 aromatic rings. The van der Waals surface area contributed by atoms with Gasteiger partial charge in [-0.1, -0.05) is 11.3 Å². The average molecular weight is 270 g/mol. The molecule has 2 heterocycles. The number of hydrogen-bond donors (Lipinski definition) is 1. The Hall–Kier alpha value is -1.70. The van der Waals surface area contributed by atoms with Gasteiger partial charge in [0.1, 0.15) is 5.01 Å². The number of aryl methyl sites for hydroxylation is 1.